The van der Waals surface area contributed by atoms with Gasteiger partial charge in [0.25, 0.3) is 0 Å². The first-order chi connectivity index (χ1) is 4.09. The fourth-order valence-electron chi connectivity index (χ4n) is 0.593. The molecule has 0 fully saturated rings. The molecule has 2 nitrogen and oxygen atoms in total. The van der Waals surface area contributed by atoms with E-state index in [0.717, 1.165) is 0 Å². The van der Waals surface area contributed by atoms with E-state index in [9.17, 15) is 9.59 Å². The van der Waals surface area contributed by atoms with E-state index in [4.69, 9.17) is 0 Å². The molecular weight excluding hydrogens is 116 g/mol. The van der Waals surface area contributed by atoms with E-state index in [0.29, 0.717) is 6.29 Å². The van der Waals surface area contributed by atoms with Gasteiger partial charge in [0.2, 0.25) is 0 Å². The molecular formula is C7H12O2. The van der Waals surface area contributed by atoms with Gasteiger partial charge in [0, 0.05) is 5.92 Å². The van der Waals surface area contributed by atoms with Crippen LogP contribution in [0.5, 0.6) is 0 Å². The van der Waals surface area contributed by atoms with Crippen molar-refractivity contribution in [2.75, 3.05) is 0 Å². The van der Waals surface area contributed by atoms with Crippen molar-refractivity contribution < 1.29 is 9.59 Å². The number of hydrogen-bond donors (Lipinski definition) is 0. The number of Topliss-reactive ketones (excluding diaryl/α,β-unsaturated/α-hetero) is 1. The third-order valence-corrected chi connectivity index (χ3v) is 1.22. The van der Waals surface area contributed by atoms with Gasteiger partial charge < -0.3 is 4.79 Å². The van der Waals surface area contributed by atoms with E-state index in [1.54, 1.807) is 20.8 Å². The normalized spacial score (nSPS) is 13.3. The van der Waals surface area contributed by atoms with Crippen molar-refractivity contribution >= 4 is 12.1 Å². The first-order valence-electron chi connectivity index (χ1n) is 3.08. The fraction of sp³-hybridized carbons (Fsp3) is 0.714. The molecule has 2 heteroatoms. The van der Waals surface area contributed by atoms with Crippen LogP contribution in [0.2, 0.25) is 0 Å². The van der Waals surface area contributed by atoms with Crippen molar-refractivity contribution in [3.63, 3.8) is 0 Å². The maximum Gasteiger partial charge on any atom is 0.145 e. The van der Waals surface area contributed by atoms with E-state index < -0.39 is 5.92 Å². The minimum absolute atomic E-state index is 0.0185. The molecule has 0 spiro atoms. The van der Waals surface area contributed by atoms with Gasteiger partial charge in [-0.15, -0.1) is 0 Å². The van der Waals surface area contributed by atoms with Crippen LogP contribution in [0.3, 0.4) is 0 Å². The van der Waals surface area contributed by atoms with Crippen molar-refractivity contribution in [3.05, 3.63) is 0 Å². The lowest BCUT2D eigenvalue weighted by Crippen LogP contribution is -2.17. The van der Waals surface area contributed by atoms with E-state index >= 15 is 0 Å². The first kappa shape index (κ1) is 8.34. The van der Waals surface area contributed by atoms with Gasteiger partial charge in [0.15, 0.2) is 0 Å². The summed E-state index contributed by atoms with van der Waals surface area (Å²) in [5.41, 5.74) is 0. The number of rotatable bonds is 3. The lowest BCUT2D eigenvalue weighted by molar-refractivity contribution is -0.129. The number of hydrogen-bond acceptors (Lipinski definition) is 2. The molecule has 0 amide bonds. The summed E-state index contributed by atoms with van der Waals surface area (Å²) in [6.07, 6.45) is 0.683. The van der Waals surface area contributed by atoms with Gasteiger partial charge >= 0.3 is 0 Å². The second-order valence-electron chi connectivity index (χ2n) is 2.48. The van der Waals surface area contributed by atoms with Crippen LogP contribution >= 0.6 is 0 Å². The highest BCUT2D eigenvalue weighted by atomic mass is 16.1. The van der Waals surface area contributed by atoms with Gasteiger partial charge in [-0.2, -0.15) is 0 Å². The summed E-state index contributed by atoms with van der Waals surface area (Å²) in [6, 6.07) is 0. The third-order valence-electron chi connectivity index (χ3n) is 1.22. The van der Waals surface area contributed by atoms with Gasteiger partial charge in [-0.1, -0.05) is 13.8 Å². The van der Waals surface area contributed by atoms with Crippen LogP contribution < -0.4 is 0 Å². The highest BCUT2D eigenvalue weighted by molar-refractivity contribution is 5.93. The van der Waals surface area contributed by atoms with Crippen molar-refractivity contribution in [1.82, 2.24) is 0 Å². The maximum absolute atomic E-state index is 10.8. The highest BCUT2D eigenvalue weighted by Gasteiger charge is 2.14. The largest absolute Gasteiger partial charge is 0.303 e. The molecule has 0 aliphatic heterocycles. The SMILES string of the molecule is CC(C)C(=O)C(C)C=O. The molecule has 1 atom stereocenters. The lowest BCUT2D eigenvalue weighted by Gasteiger charge is -2.04. The summed E-state index contributed by atoms with van der Waals surface area (Å²) in [6.45, 7) is 5.21. The topological polar surface area (TPSA) is 34.1 Å². The number of carbonyl (C=O) groups excluding carboxylic acids is 2. The third kappa shape index (κ3) is 2.40. The Balaban J connectivity index is 3.87. The zero-order valence-electron chi connectivity index (χ0n) is 6.05. The second kappa shape index (κ2) is 3.38. The Bertz CT molecular complexity index is 116. The van der Waals surface area contributed by atoms with Crippen molar-refractivity contribution in [3.8, 4) is 0 Å². The first-order valence-corrected chi connectivity index (χ1v) is 3.08. The van der Waals surface area contributed by atoms with Gasteiger partial charge in [-0.25, -0.2) is 0 Å². The Morgan fingerprint density at radius 3 is 1.89 bits per heavy atom. The number of aldehydes is 1. The average molecular weight is 128 g/mol. The molecule has 0 aromatic rings. The summed E-state index contributed by atoms with van der Waals surface area (Å²) in [4.78, 5) is 20.9. The zero-order valence-corrected chi connectivity index (χ0v) is 6.05. The minimum atomic E-state index is -0.426. The molecule has 0 saturated carbocycles. The molecule has 9 heavy (non-hydrogen) atoms. The average Bonchev–Trinajstić information content (AvgIpc) is 1.84. The maximum atomic E-state index is 10.8. The molecule has 0 aliphatic carbocycles. The summed E-state index contributed by atoms with van der Waals surface area (Å²) >= 11 is 0. The molecule has 0 aromatic heterocycles. The molecule has 0 rings (SSSR count). The van der Waals surface area contributed by atoms with Gasteiger partial charge in [0.05, 0.1) is 5.92 Å². The smallest absolute Gasteiger partial charge is 0.145 e. The van der Waals surface area contributed by atoms with E-state index in [2.05, 4.69) is 0 Å². The second-order valence-corrected chi connectivity index (χ2v) is 2.48. The standard InChI is InChI=1S/C7H12O2/c1-5(2)7(9)6(3)4-8/h4-6H,1-3H3. The molecule has 0 aromatic carbocycles. The van der Waals surface area contributed by atoms with E-state index in [1.165, 1.54) is 0 Å². The van der Waals surface area contributed by atoms with Crippen LogP contribution in [0.25, 0.3) is 0 Å². The van der Waals surface area contributed by atoms with Crippen molar-refractivity contribution in [1.29, 1.82) is 0 Å². The molecule has 0 saturated heterocycles. The summed E-state index contributed by atoms with van der Waals surface area (Å²) in [7, 11) is 0. The predicted octanol–water partition coefficient (Wildman–Crippen LogP) is 1.05. The Morgan fingerprint density at radius 1 is 1.33 bits per heavy atom. The Kier molecular flexibility index (Phi) is 3.13. The molecule has 0 bridgehead atoms. The fourth-order valence-corrected chi connectivity index (χ4v) is 0.593. The van der Waals surface area contributed by atoms with E-state index in [1.807, 2.05) is 0 Å². The molecule has 0 heterocycles. The van der Waals surface area contributed by atoms with Gasteiger partial charge in [-0.3, -0.25) is 4.79 Å². The van der Waals surface area contributed by atoms with Crippen LogP contribution in [0.15, 0.2) is 0 Å². The quantitative estimate of drug-likeness (QED) is 0.420. The predicted molar refractivity (Wildman–Crippen MR) is 35.1 cm³/mol. The lowest BCUT2D eigenvalue weighted by atomic mass is 9.99. The Hall–Kier alpha value is -0.660. The van der Waals surface area contributed by atoms with Gasteiger partial charge in [-0.05, 0) is 6.92 Å². The minimum Gasteiger partial charge on any atom is -0.303 e. The number of ketones is 1. The van der Waals surface area contributed by atoms with Crippen LogP contribution in [0, 0.1) is 11.8 Å². The van der Waals surface area contributed by atoms with Crippen molar-refractivity contribution in [2.45, 2.75) is 20.8 Å². The van der Waals surface area contributed by atoms with Crippen molar-refractivity contribution in [2.24, 2.45) is 11.8 Å². The Labute approximate surface area is 55.3 Å². The highest BCUT2D eigenvalue weighted by Crippen LogP contribution is 2.02. The monoisotopic (exact) mass is 128 g/mol. The molecule has 52 valence electrons. The molecule has 0 aliphatic rings. The molecule has 1 unspecified atom stereocenters. The van der Waals surface area contributed by atoms with E-state index in [-0.39, 0.29) is 11.7 Å². The van der Waals surface area contributed by atoms with Crippen LogP contribution in [0.1, 0.15) is 20.8 Å². The number of carbonyl (C=O) groups is 2. The van der Waals surface area contributed by atoms with Crippen LogP contribution in [0.4, 0.5) is 0 Å². The van der Waals surface area contributed by atoms with Gasteiger partial charge in [0.1, 0.15) is 12.1 Å². The Morgan fingerprint density at radius 2 is 1.78 bits per heavy atom. The van der Waals surface area contributed by atoms with Crippen LogP contribution in [-0.2, 0) is 9.59 Å². The molecule has 0 radical (unpaired) electrons. The van der Waals surface area contributed by atoms with Crippen LogP contribution in [-0.4, -0.2) is 12.1 Å². The summed E-state index contributed by atoms with van der Waals surface area (Å²) < 4.78 is 0. The zero-order chi connectivity index (χ0) is 7.44. The summed E-state index contributed by atoms with van der Waals surface area (Å²) in [5.74, 6) is -0.430. The molecule has 0 N–H and O–H groups in total. The summed E-state index contributed by atoms with van der Waals surface area (Å²) in [5, 5.41) is 0.